The number of nitrogens with one attached hydrogen (secondary N) is 1. The summed E-state index contributed by atoms with van der Waals surface area (Å²) in [5.41, 5.74) is 1.74. The van der Waals surface area contributed by atoms with Crippen LogP contribution in [0.15, 0.2) is 52.7 Å². The molecule has 0 unspecified atom stereocenters. The molecule has 3 aromatic rings. The van der Waals surface area contributed by atoms with E-state index in [1.54, 1.807) is 19.1 Å². The van der Waals surface area contributed by atoms with Crippen LogP contribution in [0.25, 0.3) is 0 Å². The van der Waals surface area contributed by atoms with Crippen molar-refractivity contribution in [2.45, 2.75) is 11.1 Å². The van der Waals surface area contributed by atoms with Gasteiger partial charge in [-0.3, -0.25) is 14.3 Å². The molecule has 0 atom stereocenters. The molecule has 4 rings (SSSR count). The van der Waals surface area contributed by atoms with E-state index < -0.39 is 21.8 Å². The molecule has 1 N–H and O–H groups in total. The van der Waals surface area contributed by atoms with Gasteiger partial charge in [0.1, 0.15) is 4.21 Å². The van der Waals surface area contributed by atoms with E-state index in [-0.39, 0.29) is 15.3 Å². The van der Waals surface area contributed by atoms with Crippen LogP contribution in [0.3, 0.4) is 0 Å². The molecule has 1 aliphatic rings. The normalized spacial score (nSPS) is 13.7. The van der Waals surface area contributed by atoms with Gasteiger partial charge in [0.25, 0.3) is 21.8 Å². The molecule has 1 aliphatic heterocycles. The van der Waals surface area contributed by atoms with Crippen LogP contribution in [-0.4, -0.2) is 20.2 Å². The van der Waals surface area contributed by atoms with E-state index in [1.165, 1.54) is 36.4 Å². The summed E-state index contributed by atoms with van der Waals surface area (Å²) in [5.74, 6) is -0.927. The monoisotopic (exact) mass is 466 g/mol. The van der Waals surface area contributed by atoms with Gasteiger partial charge >= 0.3 is 0 Å². The highest BCUT2D eigenvalue weighted by Gasteiger charge is 2.37. The molecule has 29 heavy (non-hydrogen) atoms. The summed E-state index contributed by atoms with van der Waals surface area (Å²) in [6.07, 6.45) is 0. The van der Waals surface area contributed by atoms with Gasteiger partial charge in [0.2, 0.25) is 0 Å². The van der Waals surface area contributed by atoms with Gasteiger partial charge in [-0.2, -0.15) is 0 Å². The Labute approximate surface area is 180 Å². The molecule has 6 nitrogen and oxygen atoms in total. The largest absolute Gasteiger partial charge is 0.279 e. The number of thiophene rings is 1. The Balaban J connectivity index is 1.65. The maximum Gasteiger partial charge on any atom is 0.271 e. The zero-order valence-corrected chi connectivity index (χ0v) is 17.9. The summed E-state index contributed by atoms with van der Waals surface area (Å²) < 4.78 is 27.8. The molecule has 148 valence electrons. The molecular weight excluding hydrogens is 455 g/mol. The topological polar surface area (TPSA) is 83.6 Å². The van der Waals surface area contributed by atoms with Crippen LogP contribution in [0.1, 0.15) is 26.3 Å². The number of carbonyl (C=O) groups is 2. The van der Waals surface area contributed by atoms with Crippen LogP contribution in [0.4, 0.5) is 11.4 Å². The average molecular weight is 467 g/mol. The zero-order valence-electron chi connectivity index (χ0n) is 14.8. The molecular formula is C19H12Cl2N2O4S2. The first-order valence-electron chi connectivity index (χ1n) is 8.24. The van der Waals surface area contributed by atoms with Gasteiger partial charge < -0.3 is 0 Å². The number of amides is 2. The summed E-state index contributed by atoms with van der Waals surface area (Å²) in [7, 11) is -3.79. The fourth-order valence-corrected chi connectivity index (χ4v) is 5.75. The van der Waals surface area contributed by atoms with E-state index in [1.807, 2.05) is 0 Å². The van der Waals surface area contributed by atoms with Gasteiger partial charge in [-0.05, 0) is 61.0 Å². The Bertz CT molecular complexity index is 1290. The van der Waals surface area contributed by atoms with Gasteiger partial charge in [0.05, 0.1) is 21.2 Å². The number of anilines is 2. The van der Waals surface area contributed by atoms with Crippen LogP contribution in [0.5, 0.6) is 0 Å². The lowest BCUT2D eigenvalue weighted by molar-refractivity contribution is 0.0926. The van der Waals surface area contributed by atoms with Crippen molar-refractivity contribution in [2.75, 3.05) is 9.62 Å². The van der Waals surface area contributed by atoms with Gasteiger partial charge in [0, 0.05) is 10.7 Å². The molecule has 2 amide bonds. The predicted molar refractivity (Wildman–Crippen MR) is 114 cm³/mol. The molecule has 1 aromatic heterocycles. The first-order valence-corrected chi connectivity index (χ1v) is 11.3. The summed E-state index contributed by atoms with van der Waals surface area (Å²) in [5, 5.41) is 0.363. The number of hydrogen-bond acceptors (Lipinski definition) is 5. The predicted octanol–water partition coefficient (Wildman–Crippen LogP) is 4.96. The number of carbonyl (C=O) groups excluding carboxylic acids is 2. The lowest BCUT2D eigenvalue weighted by Crippen LogP contribution is -2.30. The Morgan fingerprint density at radius 2 is 1.66 bits per heavy atom. The molecule has 10 heteroatoms. The molecule has 2 heterocycles. The molecule has 0 radical (unpaired) electrons. The van der Waals surface area contributed by atoms with E-state index in [0.29, 0.717) is 26.3 Å². The maximum atomic E-state index is 12.7. The van der Waals surface area contributed by atoms with Crippen LogP contribution in [0, 0.1) is 6.92 Å². The highest BCUT2D eigenvalue weighted by molar-refractivity contribution is 7.94. The van der Waals surface area contributed by atoms with Crippen molar-refractivity contribution in [3.8, 4) is 0 Å². The van der Waals surface area contributed by atoms with Crippen LogP contribution in [-0.2, 0) is 10.0 Å². The van der Waals surface area contributed by atoms with Crippen LogP contribution >= 0.6 is 34.5 Å². The van der Waals surface area contributed by atoms with Gasteiger partial charge in [-0.1, -0.05) is 23.2 Å². The molecule has 0 saturated heterocycles. The number of sulfonamides is 1. The first kappa shape index (κ1) is 19.9. The smallest absolute Gasteiger partial charge is 0.271 e. The van der Waals surface area contributed by atoms with E-state index in [4.69, 9.17) is 23.2 Å². The Hall–Kier alpha value is -2.39. The Morgan fingerprint density at radius 3 is 2.31 bits per heavy atom. The van der Waals surface area contributed by atoms with E-state index >= 15 is 0 Å². The van der Waals surface area contributed by atoms with Crippen molar-refractivity contribution in [3.63, 3.8) is 0 Å². The van der Waals surface area contributed by atoms with Crippen molar-refractivity contribution < 1.29 is 18.0 Å². The third-order valence-electron chi connectivity index (χ3n) is 4.35. The second-order valence-electron chi connectivity index (χ2n) is 6.30. The van der Waals surface area contributed by atoms with Crippen molar-refractivity contribution in [3.05, 3.63) is 74.6 Å². The molecule has 0 bridgehead atoms. The standard InChI is InChI=1S/C19H12Cl2N2O4S2/c1-10-8-12(22-29(26,27)17-7-6-16(21)28-17)3-5-15(10)23-18(24)13-4-2-11(20)9-14(13)19(23)25/h2-9,22H,1H3. The van der Waals surface area contributed by atoms with E-state index in [9.17, 15) is 18.0 Å². The molecule has 2 aromatic carbocycles. The lowest BCUT2D eigenvalue weighted by atomic mass is 10.1. The molecule has 0 spiro atoms. The van der Waals surface area contributed by atoms with Crippen molar-refractivity contribution in [1.82, 2.24) is 0 Å². The van der Waals surface area contributed by atoms with Crippen molar-refractivity contribution >= 4 is 67.8 Å². The molecule has 0 fully saturated rings. The average Bonchev–Trinajstić information content (AvgIpc) is 3.19. The summed E-state index contributed by atoms with van der Waals surface area (Å²) in [6, 6.07) is 12.0. The maximum absolute atomic E-state index is 12.7. The Kier molecular flexibility index (Phi) is 4.90. The van der Waals surface area contributed by atoms with Crippen LogP contribution < -0.4 is 9.62 Å². The summed E-state index contributed by atoms with van der Waals surface area (Å²) in [4.78, 5) is 26.5. The highest BCUT2D eigenvalue weighted by atomic mass is 35.5. The quantitative estimate of drug-likeness (QED) is 0.550. The number of imide groups is 1. The fraction of sp³-hybridized carbons (Fsp3) is 0.0526. The minimum atomic E-state index is -3.79. The second-order valence-corrected chi connectivity index (χ2v) is 10.4. The summed E-state index contributed by atoms with van der Waals surface area (Å²) >= 11 is 12.7. The SMILES string of the molecule is Cc1cc(NS(=O)(=O)c2ccc(Cl)s2)ccc1N1C(=O)c2ccc(Cl)cc2C1=O. The van der Waals surface area contributed by atoms with Crippen molar-refractivity contribution in [1.29, 1.82) is 0 Å². The van der Waals surface area contributed by atoms with Crippen LogP contribution in [0.2, 0.25) is 9.36 Å². The minimum absolute atomic E-state index is 0.0847. The summed E-state index contributed by atoms with van der Waals surface area (Å²) in [6.45, 7) is 1.69. The number of halogens is 2. The number of fused-ring (bicyclic) bond motifs is 1. The number of hydrogen-bond donors (Lipinski definition) is 1. The first-order chi connectivity index (χ1) is 13.7. The highest BCUT2D eigenvalue weighted by Crippen LogP contribution is 2.34. The second kappa shape index (κ2) is 7.14. The number of nitrogens with zero attached hydrogens (tertiary/aromatic N) is 1. The van der Waals surface area contributed by atoms with Crippen molar-refractivity contribution in [2.24, 2.45) is 0 Å². The number of rotatable bonds is 4. The third-order valence-corrected chi connectivity index (χ3v) is 7.69. The van der Waals surface area contributed by atoms with E-state index in [0.717, 1.165) is 16.2 Å². The lowest BCUT2D eigenvalue weighted by Gasteiger charge is -2.17. The number of benzene rings is 2. The minimum Gasteiger partial charge on any atom is -0.279 e. The fourth-order valence-electron chi connectivity index (χ4n) is 3.05. The number of aryl methyl sites for hydroxylation is 1. The zero-order chi connectivity index (χ0) is 20.9. The van der Waals surface area contributed by atoms with Gasteiger partial charge in [0.15, 0.2) is 0 Å². The van der Waals surface area contributed by atoms with Gasteiger partial charge in [-0.25, -0.2) is 13.3 Å². The van der Waals surface area contributed by atoms with E-state index in [2.05, 4.69) is 4.72 Å². The molecule has 0 aliphatic carbocycles. The molecule has 0 saturated carbocycles. The third kappa shape index (κ3) is 3.53. The Morgan fingerprint density at radius 1 is 0.931 bits per heavy atom. The van der Waals surface area contributed by atoms with Gasteiger partial charge in [-0.15, -0.1) is 11.3 Å².